The molecule has 2 N–H and O–H groups in total. The largest absolute Gasteiger partial charge is 0.507 e. The van der Waals surface area contributed by atoms with Crippen molar-refractivity contribution >= 4 is 29.2 Å². The van der Waals surface area contributed by atoms with Crippen LogP contribution < -0.4 is 5.32 Å². The fourth-order valence-electron chi connectivity index (χ4n) is 6.23. The topological polar surface area (TPSA) is 105 Å². The Labute approximate surface area is 180 Å². The number of nitrogens with zero attached hydrogens (tertiary/aromatic N) is 2. The Morgan fingerprint density at radius 2 is 1.74 bits per heavy atom. The number of rotatable bonds is 5. The molecule has 0 unspecified atom stereocenters. The van der Waals surface area contributed by atoms with E-state index in [1.807, 2.05) is 18.2 Å². The molecule has 4 aliphatic rings. The van der Waals surface area contributed by atoms with E-state index in [0.29, 0.717) is 29.1 Å². The predicted molar refractivity (Wildman–Crippen MR) is 118 cm³/mol. The standard InChI is InChI=1S/C24H25N3O4/c28-22-6-5-19(27(30)31)10-18(22)14-25-20-3-1-2-4-21(20)26-23(29)24-11-15-7-16(12-24)9-17(8-15)13-24/h1-6,10,14-17,28H,7-9,11-13H2,(H,26,29). The Balaban J connectivity index is 1.38. The number of hydrogen-bond donors (Lipinski definition) is 2. The molecule has 0 radical (unpaired) electrons. The lowest BCUT2D eigenvalue weighted by atomic mass is 9.49. The van der Waals surface area contributed by atoms with Gasteiger partial charge < -0.3 is 10.4 Å². The minimum atomic E-state index is -0.517. The van der Waals surface area contributed by atoms with Gasteiger partial charge in [0.15, 0.2) is 0 Å². The Hall–Kier alpha value is -3.22. The van der Waals surface area contributed by atoms with Crippen molar-refractivity contribution in [3.8, 4) is 5.75 Å². The van der Waals surface area contributed by atoms with Crippen LogP contribution in [0.5, 0.6) is 5.75 Å². The van der Waals surface area contributed by atoms with Crippen LogP contribution >= 0.6 is 0 Å². The average molecular weight is 419 g/mol. The number of benzene rings is 2. The van der Waals surface area contributed by atoms with Gasteiger partial charge in [-0.1, -0.05) is 12.1 Å². The zero-order valence-electron chi connectivity index (χ0n) is 17.2. The van der Waals surface area contributed by atoms with Gasteiger partial charge in [-0.3, -0.25) is 19.9 Å². The van der Waals surface area contributed by atoms with Crippen LogP contribution in [0.2, 0.25) is 0 Å². The summed E-state index contributed by atoms with van der Waals surface area (Å²) in [6, 6.07) is 11.1. The highest BCUT2D eigenvalue weighted by Gasteiger charge is 2.54. The van der Waals surface area contributed by atoms with E-state index >= 15 is 0 Å². The first kappa shape index (κ1) is 19.7. The Morgan fingerprint density at radius 3 is 2.39 bits per heavy atom. The predicted octanol–water partition coefficient (Wildman–Crippen LogP) is 5.21. The molecule has 4 aliphatic carbocycles. The van der Waals surface area contributed by atoms with Crippen molar-refractivity contribution in [3.05, 3.63) is 58.1 Å². The van der Waals surface area contributed by atoms with Crippen molar-refractivity contribution in [2.45, 2.75) is 38.5 Å². The number of amides is 1. The second-order valence-electron chi connectivity index (χ2n) is 9.43. The fourth-order valence-corrected chi connectivity index (χ4v) is 6.23. The molecule has 2 aromatic carbocycles. The van der Waals surface area contributed by atoms with E-state index in [-0.39, 0.29) is 28.3 Å². The summed E-state index contributed by atoms with van der Waals surface area (Å²) in [6.45, 7) is 0. The maximum absolute atomic E-state index is 13.4. The van der Waals surface area contributed by atoms with Gasteiger partial charge in [0.25, 0.3) is 5.69 Å². The molecule has 6 rings (SSSR count). The number of phenols is 1. The number of carbonyl (C=O) groups excluding carboxylic acids is 1. The van der Waals surface area contributed by atoms with Gasteiger partial charge in [-0.15, -0.1) is 0 Å². The zero-order valence-corrected chi connectivity index (χ0v) is 17.2. The molecule has 4 bridgehead atoms. The number of non-ortho nitro benzene ring substituents is 1. The van der Waals surface area contributed by atoms with Gasteiger partial charge in [0, 0.05) is 23.9 Å². The highest BCUT2D eigenvalue weighted by Crippen LogP contribution is 2.60. The van der Waals surface area contributed by atoms with Crippen LogP contribution in [0.15, 0.2) is 47.5 Å². The summed E-state index contributed by atoms with van der Waals surface area (Å²) in [6.07, 6.45) is 8.17. The first-order valence-corrected chi connectivity index (χ1v) is 10.8. The van der Waals surface area contributed by atoms with Gasteiger partial charge in [0.05, 0.1) is 21.7 Å². The molecular weight excluding hydrogens is 394 g/mol. The molecule has 160 valence electrons. The van der Waals surface area contributed by atoms with Crippen LogP contribution in [0.4, 0.5) is 17.1 Å². The fraction of sp³-hybridized carbons (Fsp3) is 0.417. The Morgan fingerprint density at radius 1 is 1.10 bits per heavy atom. The van der Waals surface area contributed by atoms with Crippen LogP contribution in [0.25, 0.3) is 0 Å². The van der Waals surface area contributed by atoms with Crippen LogP contribution in [0.3, 0.4) is 0 Å². The summed E-state index contributed by atoms with van der Waals surface area (Å²) >= 11 is 0. The van der Waals surface area contributed by atoms with Crippen LogP contribution in [-0.2, 0) is 4.79 Å². The lowest BCUT2D eigenvalue weighted by Crippen LogP contribution is -2.51. The molecular formula is C24H25N3O4. The molecule has 4 saturated carbocycles. The lowest BCUT2D eigenvalue weighted by molar-refractivity contribution is -0.384. The Kier molecular flexibility index (Phi) is 4.76. The third kappa shape index (κ3) is 3.69. The second-order valence-corrected chi connectivity index (χ2v) is 9.43. The molecule has 7 nitrogen and oxygen atoms in total. The van der Waals surface area contributed by atoms with Crippen LogP contribution in [0, 0.1) is 33.3 Å². The van der Waals surface area contributed by atoms with E-state index in [4.69, 9.17) is 0 Å². The number of nitro benzene ring substituents is 1. The summed E-state index contributed by atoms with van der Waals surface area (Å²) < 4.78 is 0. The van der Waals surface area contributed by atoms with Gasteiger partial charge in [-0.2, -0.15) is 0 Å². The molecule has 1 amide bonds. The molecule has 0 heterocycles. The lowest BCUT2D eigenvalue weighted by Gasteiger charge is -2.55. The summed E-state index contributed by atoms with van der Waals surface area (Å²) in [5, 5.41) is 24.2. The molecule has 31 heavy (non-hydrogen) atoms. The van der Waals surface area contributed by atoms with Crippen molar-refractivity contribution in [2.24, 2.45) is 28.2 Å². The van der Waals surface area contributed by atoms with Crippen molar-refractivity contribution < 1.29 is 14.8 Å². The van der Waals surface area contributed by atoms with E-state index in [9.17, 15) is 20.0 Å². The normalized spacial score (nSPS) is 28.7. The maximum atomic E-state index is 13.4. The van der Waals surface area contributed by atoms with Gasteiger partial charge >= 0.3 is 0 Å². The smallest absolute Gasteiger partial charge is 0.270 e. The SMILES string of the molecule is O=C(Nc1ccccc1N=Cc1cc([N+](=O)[O-])ccc1O)C12CC3CC(CC(C3)C1)C2. The number of nitrogens with one attached hydrogen (secondary N) is 1. The number of phenolic OH excluding ortho intramolecular Hbond substituents is 1. The zero-order chi connectivity index (χ0) is 21.6. The van der Waals surface area contributed by atoms with Crippen molar-refractivity contribution in [1.82, 2.24) is 0 Å². The number of aromatic hydroxyl groups is 1. The minimum Gasteiger partial charge on any atom is -0.507 e. The number of carbonyl (C=O) groups is 1. The second kappa shape index (κ2) is 7.48. The first-order valence-electron chi connectivity index (χ1n) is 10.8. The molecule has 0 aliphatic heterocycles. The minimum absolute atomic E-state index is 0.0902. The highest BCUT2D eigenvalue weighted by molar-refractivity contribution is 5.98. The third-order valence-electron chi connectivity index (χ3n) is 7.24. The van der Waals surface area contributed by atoms with E-state index in [1.54, 1.807) is 6.07 Å². The van der Waals surface area contributed by atoms with Gasteiger partial charge in [-0.25, -0.2) is 0 Å². The van der Waals surface area contributed by atoms with Crippen molar-refractivity contribution in [3.63, 3.8) is 0 Å². The monoisotopic (exact) mass is 419 g/mol. The molecule has 0 saturated heterocycles. The first-order chi connectivity index (χ1) is 14.9. The number of anilines is 1. The van der Waals surface area contributed by atoms with E-state index in [1.165, 1.54) is 43.7 Å². The van der Waals surface area contributed by atoms with Crippen molar-refractivity contribution in [2.75, 3.05) is 5.32 Å². The molecule has 4 fully saturated rings. The third-order valence-corrected chi connectivity index (χ3v) is 7.24. The van der Waals surface area contributed by atoms with Gasteiger partial charge in [0.2, 0.25) is 5.91 Å². The summed E-state index contributed by atoms with van der Waals surface area (Å²) in [5.41, 5.74) is 1.03. The van der Waals surface area contributed by atoms with Gasteiger partial charge in [0.1, 0.15) is 5.75 Å². The molecule has 0 spiro atoms. The number of nitro groups is 1. The van der Waals surface area contributed by atoms with Crippen molar-refractivity contribution in [1.29, 1.82) is 0 Å². The maximum Gasteiger partial charge on any atom is 0.270 e. The van der Waals surface area contributed by atoms with E-state index in [2.05, 4.69) is 10.3 Å². The molecule has 7 heteroatoms. The highest BCUT2D eigenvalue weighted by atomic mass is 16.6. The average Bonchev–Trinajstić information content (AvgIpc) is 2.73. The van der Waals surface area contributed by atoms with Gasteiger partial charge in [-0.05, 0) is 74.5 Å². The summed E-state index contributed by atoms with van der Waals surface area (Å²) in [7, 11) is 0. The molecule has 0 aromatic heterocycles. The number of aliphatic imine (C=N–C) groups is 1. The quantitative estimate of drug-likeness (QED) is 0.394. The van der Waals surface area contributed by atoms with E-state index in [0.717, 1.165) is 19.3 Å². The molecule has 0 atom stereocenters. The van der Waals surface area contributed by atoms with Crippen LogP contribution in [0.1, 0.15) is 44.1 Å². The molecule has 2 aromatic rings. The summed E-state index contributed by atoms with van der Waals surface area (Å²) in [4.78, 5) is 28.3. The summed E-state index contributed by atoms with van der Waals surface area (Å²) in [5.74, 6) is 2.04. The van der Waals surface area contributed by atoms with Crippen LogP contribution in [-0.4, -0.2) is 22.2 Å². The number of para-hydroxylation sites is 2. The Bertz CT molecular complexity index is 1040. The number of hydrogen-bond acceptors (Lipinski definition) is 5. The van der Waals surface area contributed by atoms with E-state index < -0.39 is 4.92 Å².